The summed E-state index contributed by atoms with van der Waals surface area (Å²) < 4.78 is 1.76. The number of piperazine rings is 1. The minimum absolute atomic E-state index is 0.172. The monoisotopic (exact) mass is 298 g/mol. The summed E-state index contributed by atoms with van der Waals surface area (Å²) in [6, 6.07) is -0.352. The van der Waals surface area contributed by atoms with E-state index >= 15 is 0 Å². The van der Waals surface area contributed by atoms with Gasteiger partial charge in [-0.1, -0.05) is 18.5 Å². The van der Waals surface area contributed by atoms with E-state index < -0.39 is 0 Å². The van der Waals surface area contributed by atoms with Crippen LogP contribution in [0.5, 0.6) is 0 Å². The lowest BCUT2D eigenvalue weighted by Crippen LogP contribution is -2.56. The van der Waals surface area contributed by atoms with Crippen molar-refractivity contribution < 1.29 is 9.59 Å². The van der Waals surface area contributed by atoms with Crippen LogP contribution >= 0.6 is 11.6 Å². The zero-order chi connectivity index (χ0) is 14.9. The van der Waals surface area contributed by atoms with E-state index in [1.807, 2.05) is 13.8 Å². The molecule has 0 saturated carbocycles. The van der Waals surface area contributed by atoms with Gasteiger partial charge in [0.15, 0.2) is 0 Å². The van der Waals surface area contributed by atoms with E-state index in [1.165, 1.54) is 4.90 Å². The number of imide groups is 1. The van der Waals surface area contributed by atoms with Gasteiger partial charge < -0.3 is 0 Å². The molecule has 6 nitrogen and oxygen atoms in total. The number of halogens is 1. The highest BCUT2D eigenvalue weighted by Gasteiger charge is 2.32. The number of aromatic nitrogens is 2. The minimum atomic E-state index is -0.352. The van der Waals surface area contributed by atoms with Gasteiger partial charge in [0.2, 0.25) is 11.8 Å². The van der Waals surface area contributed by atoms with E-state index in [-0.39, 0.29) is 30.9 Å². The molecule has 1 aliphatic rings. The lowest BCUT2D eigenvalue weighted by Gasteiger charge is -2.29. The zero-order valence-corrected chi connectivity index (χ0v) is 12.7. The van der Waals surface area contributed by atoms with E-state index in [0.29, 0.717) is 11.6 Å². The number of carbonyl (C=O) groups is 2. The lowest BCUT2D eigenvalue weighted by molar-refractivity contribution is -0.149. The maximum Gasteiger partial charge on any atom is 0.246 e. The summed E-state index contributed by atoms with van der Waals surface area (Å²) in [5, 5.41) is 7.82. The fraction of sp³-hybridized carbons (Fsp3) is 0.615. The summed E-state index contributed by atoms with van der Waals surface area (Å²) in [5.41, 5.74) is 1.52. The molecule has 0 bridgehead atoms. The first kappa shape index (κ1) is 15.0. The maximum absolute atomic E-state index is 12.1. The van der Waals surface area contributed by atoms with E-state index in [4.69, 9.17) is 11.6 Å². The summed E-state index contributed by atoms with van der Waals surface area (Å²) in [7, 11) is 0. The second kappa shape index (κ2) is 5.93. The molecule has 1 atom stereocenters. The number of hydrogen-bond acceptors (Lipinski definition) is 4. The van der Waals surface area contributed by atoms with Crippen molar-refractivity contribution in [3.63, 3.8) is 0 Å². The number of hydrogen-bond donors (Lipinski definition) is 1. The molecule has 1 aliphatic heterocycles. The largest absolute Gasteiger partial charge is 0.298 e. The first-order chi connectivity index (χ1) is 9.49. The Labute approximate surface area is 123 Å². The van der Waals surface area contributed by atoms with Gasteiger partial charge >= 0.3 is 0 Å². The molecule has 0 aliphatic carbocycles. The van der Waals surface area contributed by atoms with Crippen molar-refractivity contribution in [2.75, 3.05) is 6.54 Å². The van der Waals surface area contributed by atoms with E-state index in [0.717, 1.165) is 17.8 Å². The highest BCUT2D eigenvalue weighted by Crippen LogP contribution is 2.23. The zero-order valence-electron chi connectivity index (χ0n) is 11.9. The molecule has 20 heavy (non-hydrogen) atoms. The molecule has 0 spiro atoms. The number of aryl methyl sites for hydroxylation is 2. The summed E-state index contributed by atoms with van der Waals surface area (Å²) in [4.78, 5) is 25.3. The van der Waals surface area contributed by atoms with Crippen LogP contribution in [-0.2, 0) is 29.1 Å². The van der Waals surface area contributed by atoms with Crippen LogP contribution in [-0.4, -0.2) is 39.1 Å². The lowest BCUT2D eigenvalue weighted by atomic mass is 10.2. The van der Waals surface area contributed by atoms with Crippen LogP contribution in [0.2, 0.25) is 5.02 Å². The van der Waals surface area contributed by atoms with Gasteiger partial charge in [0, 0.05) is 6.54 Å². The SMILES string of the molecule is CCc1nn(CC)c(CN2C(=O)CNC(C)C2=O)c1Cl. The summed E-state index contributed by atoms with van der Waals surface area (Å²) in [6.45, 7) is 6.68. The van der Waals surface area contributed by atoms with Gasteiger partial charge in [-0.25, -0.2) is 0 Å². The summed E-state index contributed by atoms with van der Waals surface area (Å²) >= 11 is 6.31. The average molecular weight is 299 g/mol. The smallest absolute Gasteiger partial charge is 0.246 e. The Morgan fingerprint density at radius 3 is 2.70 bits per heavy atom. The number of nitrogens with one attached hydrogen (secondary N) is 1. The molecular formula is C13H19ClN4O2. The molecule has 7 heteroatoms. The molecule has 2 heterocycles. The third kappa shape index (κ3) is 2.58. The second-order valence-electron chi connectivity index (χ2n) is 4.80. The Balaban J connectivity index is 2.31. The predicted octanol–water partition coefficient (Wildman–Crippen LogP) is 0.966. The van der Waals surface area contributed by atoms with Crippen molar-refractivity contribution in [1.29, 1.82) is 0 Å². The Morgan fingerprint density at radius 1 is 1.40 bits per heavy atom. The first-order valence-corrected chi connectivity index (χ1v) is 7.19. The second-order valence-corrected chi connectivity index (χ2v) is 5.18. The first-order valence-electron chi connectivity index (χ1n) is 6.81. The van der Waals surface area contributed by atoms with Crippen LogP contribution in [0, 0.1) is 0 Å². The Kier molecular flexibility index (Phi) is 4.45. The van der Waals surface area contributed by atoms with E-state index in [2.05, 4.69) is 10.4 Å². The Bertz CT molecular complexity index is 541. The van der Waals surface area contributed by atoms with E-state index in [1.54, 1.807) is 11.6 Å². The number of nitrogens with zero attached hydrogens (tertiary/aromatic N) is 3. The quantitative estimate of drug-likeness (QED) is 0.841. The van der Waals surface area contributed by atoms with Gasteiger partial charge in [-0.15, -0.1) is 0 Å². The minimum Gasteiger partial charge on any atom is -0.298 e. The Hall–Kier alpha value is -1.40. The third-order valence-corrected chi connectivity index (χ3v) is 3.94. The van der Waals surface area contributed by atoms with Gasteiger partial charge in [0.1, 0.15) is 0 Å². The van der Waals surface area contributed by atoms with Gasteiger partial charge in [0.05, 0.1) is 35.5 Å². The third-order valence-electron chi connectivity index (χ3n) is 3.50. The molecule has 2 amide bonds. The van der Waals surface area contributed by atoms with Crippen LogP contribution in [0.4, 0.5) is 0 Å². The fourth-order valence-corrected chi connectivity index (χ4v) is 2.59. The standard InChI is InChI=1S/C13H19ClN4O2/c1-4-9-12(14)10(18(5-2)16-9)7-17-11(19)6-15-8(3)13(17)20/h8,15H,4-7H2,1-3H3. The highest BCUT2D eigenvalue weighted by molar-refractivity contribution is 6.32. The Morgan fingerprint density at radius 2 is 2.10 bits per heavy atom. The normalized spacial score (nSPS) is 19.8. The number of rotatable bonds is 4. The molecule has 1 unspecified atom stereocenters. The average Bonchev–Trinajstić information content (AvgIpc) is 2.75. The molecule has 110 valence electrons. The molecule has 0 aromatic carbocycles. The number of amides is 2. The van der Waals surface area contributed by atoms with Crippen molar-refractivity contribution >= 4 is 23.4 Å². The molecule has 1 aromatic heterocycles. The maximum atomic E-state index is 12.1. The topological polar surface area (TPSA) is 67.2 Å². The molecule has 2 rings (SSSR count). The van der Waals surface area contributed by atoms with Crippen molar-refractivity contribution in [3.8, 4) is 0 Å². The van der Waals surface area contributed by atoms with Crippen molar-refractivity contribution in [1.82, 2.24) is 20.0 Å². The van der Waals surface area contributed by atoms with Gasteiger partial charge in [-0.05, 0) is 20.3 Å². The van der Waals surface area contributed by atoms with Crippen LogP contribution in [0.25, 0.3) is 0 Å². The van der Waals surface area contributed by atoms with Crippen LogP contribution < -0.4 is 5.32 Å². The van der Waals surface area contributed by atoms with Crippen molar-refractivity contribution in [2.24, 2.45) is 0 Å². The van der Waals surface area contributed by atoms with Gasteiger partial charge in [0.25, 0.3) is 0 Å². The van der Waals surface area contributed by atoms with Crippen molar-refractivity contribution in [2.45, 2.75) is 46.3 Å². The number of carbonyl (C=O) groups excluding carboxylic acids is 2. The summed E-state index contributed by atoms with van der Waals surface area (Å²) in [5.74, 6) is -0.453. The summed E-state index contributed by atoms with van der Waals surface area (Å²) in [6.07, 6.45) is 0.721. The van der Waals surface area contributed by atoms with Crippen LogP contribution in [0.1, 0.15) is 32.2 Å². The molecular weight excluding hydrogens is 280 g/mol. The molecule has 0 radical (unpaired) electrons. The molecule has 1 fully saturated rings. The van der Waals surface area contributed by atoms with E-state index in [9.17, 15) is 9.59 Å². The van der Waals surface area contributed by atoms with Crippen LogP contribution in [0.15, 0.2) is 0 Å². The predicted molar refractivity (Wildman–Crippen MR) is 75.3 cm³/mol. The van der Waals surface area contributed by atoms with Crippen molar-refractivity contribution in [3.05, 3.63) is 16.4 Å². The van der Waals surface area contributed by atoms with Gasteiger partial charge in [-0.3, -0.25) is 24.5 Å². The molecule has 1 aromatic rings. The fourth-order valence-electron chi connectivity index (χ4n) is 2.26. The van der Waals surface area contributed by atoms with Crippen LogP contribution in [0.3, 0.4) is 0 Å². The van der Waals surface area contributed by atoms with Gasteiger partial charge in [-0.2, -0.15) is 5.10 Å². The molecule has 1 saturated heterocycles. The highest BCUT2D eigenvalue weighted by atomic mass is 35.5. The molecule has 1 N–H and O–H groups in total.